The second kappa shape index (κ2) is 4.26. The summed E-state index contributed by atoms with van der Waals surface area (Å²) in [5, 5.41) is 0. The molecule has 1 fully saturated rings. The number of nitrogens with one attached hydrogen (secondary N) is 1. The van der Waals surface area contributed by atoms with Crippen LogP contribution in [-0.4, -0.2) is 45.9 Å². The van der Waals surface area contributed by atoms with Crippen molar-refractivity contribution < 1.29 is 4.79 Å². The van der Waals surface area contributed by atoms with Crippen LogP contribution in [0.2, 0.25) is 0 Å². The van der Waals surface area contributed by atoms with Crippen LogP contribution in [0.5, 0.6) is 0 Å². The molecule has 1 atom stereocenters. The van der Waals surface area contributed by atoms with Gasteiger partial charge in [0.1, 0.15) is 5.82 Å². The number of carbonyl (C=O) groups is 1. The standard InChI is InChI=1S/C14H18N4O/c1-4-18-8-13(17(3)14(18)19)10-5-6-11-12(7-10)16-9(2)15-11/h5-7,13H,4,8H2,1-3H3,(H,15,16). The Hall–Kier alpha value is -2.04. The molecule has 100 valence electrons. The zero-order valence-electron chi connectivity index (χ0n) is 11.5. The quantitative estimate of drug-likeness (QED) is 0.898. The monoisotopic (exact) mass is 258 g/mol. The third-order valence-corrected chi connectivity index (χ3v) is 3.82. The van der Waals surface area contributed by atoms with Gasteiger partial charge in [-0.1, -0.05) is 6.07 Å². The van der Waals surface area contributed by atoms with Crippen molar-refractivity contribution >= 4 is 17.1 Å². The largest absolute Gasteiger partial charge is 0.342 e. The first kappa shape index (κ1) is 12.0. The Kier molecular flexibility index (Phi) is 2.69. The molecule has 1 saturated heterocycles. The maximum atomic E-state index is 12.0. The van der Waals surface area contributed by atoms with Gasteiger partial charge in [-0.05, 0) is 31.5 Å². The predicted molar refractivity (Wildman–Crippen MR) is 74.0 cm³/mol. The minimum absolute atomic E-state index is 0.105. The van der Waals surface area contributed by atoms with Crippen molar-refractivity contribution in [3.8, 4) is 0 Å². The molecule has 19 heavy (non-hydrogen) atoms. The lowest BCUT2D eigenvalue weighted by molar-refractivity contribution is 0.197. The lowest BCUT2D eigenvalue weighted by Gasteiger charge is -2.17. The summed E-state index contributed by atoms with van der Waals surface area (Å²) in [6, 6.07) is 6.41. The van der Waals surface area contributed by atoms with Gasteiger partial charge < -0.3 is 14.8 Å². The van der Waals surface area contributed by atoms with E-state index in [1.807, 2.05) is 36.8 Å². The number of fused-ring (bicyclic) bond motifs is 1. The van der Waals surface area contributed by atoms with Gasteiger partial charge in [0.15, 0.2) is 0 Å². The van der Waals surface area contributed by atoms with Crippen LogP contribution in [0.1, 0.15) is 24.4 Å². The highest BCUT2D eigenvalue weighted by atomic mass is 16.2. The number of amides is 2. The Morgan fingerprint density at radius 2 is 2.26 bits per heavy atom. The molecule has 2 amide bonds. The number of aromatic amines is 1. The van der Waals surface area contributed by atoms with Crippen LogP contribution in [0.25, 0.3) is 11.0 Å². The summed E-state index contributed by atoms with van der Waals surface area (Å²) in [5.41, 5.74) is 3.16. The van der Waals surface area contributed by atoms with Crippen molar-refractivity contribution in [2.75, 3.05) is 20.1 Å². The topological polar surface area (TPSA) is 52.2 Å². The van der Waals surface area contributed by atoms with Crippen LogP contribution >= 0.6 is 0 Å². The van der Waals surface area contributed by atoms with Crippen molar-refractivity contribution in [3.63, 3.8) is 0 Å². The van der Waals surface area contributed by atoms with Gasteiger partial charge in [-0.2, -0.15) is 0 Å². The second-order valence-electron chi connectivity index (χ2n) is 5.05. The molecule has 1 aliphatic heterocycles. The lowest BCUT2D eigenvalue weighted by Crippen LogP contribution is -2.29. The molecule has 0 radical (unpaired) electrons. The molecule has 2 aromatic rings. The highest BCUT2D eigenvalue weighted by Gasteiger charge is 2.34. The third kappa shape index (κ3) is 1.85. The summed E-state index contributed by atoms with van der Waals surface area (Å²) in [4.78, 5) is 23.3. The van der Waals surface area contributed by atoms with Gasteiger partial charge >= 0.3 is 6.03 Å². The number of aromatic nitrogens is 2. The van der Waals surface area contributed by atoms with Gasteiger partial charge in [-0.3, -0.25) is 0 Å². The average Bonchev–Trinajstić information content (AvgIpc) is 2.90. The van der Waals surface area contributed by atoms with E-state index in [-0.39, 0.29) is 12.1 Å². The molecule has 1 aliphatic rings. The van der Waals surface area contributed by atoms with Gasteiger partial charge in [0.05, 0.1) is 17.1 Å². The Morgan fingerprint density at radius 1 is 1.47 bits per heavy atom. The first-order valence-electron chi connectivity index (χ1n) is 6.58. The molecular weight excluding hydrogens is 240 g/mol. The fourth-order valence-electron chi connectivity index (χ4n) is 2.72. The molecule has 1 aromatic heterocycles. The lowest BCUT2D eigenvalue weighted by atomic mass is 10.1. The molecule has 1 N–H and O–H groups in total. The predicted octanol–water partition coefficient (Wildman–Crippen LogP) is 2.30. The first-order chi connectivity index (χ1) is 9.10. The van der Waals surface area contributed by atoms with Gasteiger partial charge in [0.25, 0.3) is 0 Å². The molecule has 5 nitrogen and oxygen atoms in total. The van der Waals surface area contributed by atoms with Crippen molar-refractivity contribution in [2.24, 2.45) is 0 Å². The normalized spacial score (nSPS) is 19.7. The van der Waals surface area contributed by atoms with Crippen LogP contribution in [0, 0.1) is 6.92 Å². The van der Waals surface area contributed by atoms with E-state index in [0.29, 0.717) is 0 Å². The number of nitrogens with zero attached hydrogens (tertiary/aromatic N) is 3. The number of likely N-dealkylation sites (N-methyl/N-ethyl adjacent to an activating group) is 2. The number of H-pyrrole nitrogens is 1. The molecule has 0 saturated carbocycles. The number of hydrogen-bond donors (Lipinski definition) is 1. The summed E-state index contributed by atoms with van der Waals surface area (Å²) in [5.74, 6) is 0.915. The Morgan fingerprint density at radius 3 is 2.95 bits per heavy atom. The molecule has 0 bridgehead atoms. The fourth-order valence-corrected chi connectivity index (χ4v) is 2.72. The molecule has 1 aromatic carbocycles. The van der Waals surface area contributed by atoms with Crippen molar-refractivity contribution in [2.45, 2.75) is 19.9 Å². The Bertz CT molecular complexity index is 633. The average molecular weight is 258 g/mol. The fraction of sp³-hybridized carbons (Fsp3) is 0.429. The number of rotatable bonds is 2. The van der Waals surface area contributed by atoms with E-state index in [4.69, 9.17) is 0 Å². The number of benzene rings is 1. The summed E-state index contributed by atoms with van der Waals surface area (Å²) >= 11 is 0. The number of aryl methyl sites for hydroxylation is 1. The van der Waals surface area contributed by atoms with E-state index in [0.717, 1.165) is 35.5 Å². The van der Waals surface area contributed by atoms with Gasteiger partial charge in [0, 0.05) is 20.1 Å². The minimum atomic E-state index is 0.105. The molecule has 0 spiro atoms. The van der Waals surface area contributed by atoms with Crippen LogP contribution in [0.15, 0.2) is 18.2 Å². The summed E-state index contributed by atoms with van der Waals surface area (Å²) < 4.78 is 0. The van der Waals surface area contributed by atoms with Gasteiger partial charge in [0.2, 0.25) is 0 Å². The number of carbonyl (C=O) groups excluding carboxylic acids is 1. The molecule has 0 aliphatic carbocycles. The van der Waals surface area contributed by atoms with Crippen molar-refractivity contribution in [1.82, 2.24) is 19.8 Å². The van der Waals surface area contributed by atoms with Gasteiger partial charge in [-0.15, -0.1) is 0 Å². The van der Waals surface area contributed by atoms with Crippen LogP contribution in [0.3, 0.4) is 0 Å². The van der Waals surface area contributed by atoms with E-state index in [1.165, 1.54) is 0 Å². The zero-order valence-corrected chi connectivity index (χ0v) is 11.5. The molecular formula is C14H18N4O. The van der Waals surface area contributed by atoms with E-state index < -0.39 is 0 Å². The number of urea groups is 1. The van der Waals surface area contributed by atoms with Crippen LogP contribution in [0.4, 0.5) is 4.79 Å². The Balaban J connectivity index is 1.98. The number of hydrogen-bond acceptors (Lipinski definition) is 2. The molecule has 5 heteroatoms. The summed E-state index contributed by atoms with van der Waals surface area (Å²) in [6.45, 7) is 5.47. The second-order valence-corrected chi connectivity index (χ2v) is 5.05. The minimum Gasteiger partial charge on any atom is -0.342 e. The maximum Gasteiger partial charge on any atom is 0.320 e. The highest BCUT2D eigenvalue weighted by Crippen LogP contribution is 2.29. The van der Waals surface area contributed by atoms with Crippen molar-refractivity contribution in [3.05, 3.63) is 29.6 Å². The Labute approximate surface area is 112 Å². The molecule has 2 heterocycles. The molecule has 3 rings (SSSR count). The van der Waals surface area contributed by atoms with Crippen molar-refractivity contribution in [1.29, 1.82) is 0 Å². The highest BCUT2D eigenvalue weighted by molar-refractivity contribution is 5.79. The molecule has 1 unspecified atom stereocenters. The summed E-state index contributed by atoms with van der Waals surface area (Å²) in [6.07, 6.45) is 0. The van der Waals surface area contributed by atoms with Crippen LogP contribution < -0.4 is 0 Å². The SMILES string of the molecule is CCN1CC(c2ccc3nc(C)[nH]c3c2)N(C)C1=O. The maximum absolute atomic E-state index is 12.0. The number of imidazole rings is 1. The van der Waals surface area contributed by atoms with Gasteiger partial charge in [-0.25, -0.2) is 9.78 Å². The van der Waals surface area contributed by atoms with E-state index in [1.54, 1.807) is 0 Å². The van der Waals surface area contributed by atoms with E-state index in [2.05, 4.69) is 22.1 Å². The van der Waals surface area contributed by atoms with E-state index in [9.17, 15) is 4.79 Å². The van der Waals surface area contributed by atoms with E-state index >= 15 is 0 Å². The first-order valence-corrected chi connectivity index (χ1v) is 6.58. The third-order valence-electron chi connectivity index (χ3n) is 3.82. The smallest absolute Gasteiger partial charge is 0.320 e. The zero-order chi connectivity index (χ0) is 13.6. The van der Waals surface area contributed by atoms with Crippen LogP contribution in [-0.2, 0) is 0 Å². The summed E-state index contributed by atoms with van der Waals surface area (Å²) in [7, 11) is 1.87.